The molecular weight excluding hydrogens is 170 g/mol. The third kappa shape index (κ3) is 6.77. The van der Waals surface area contributed by atoms with Crippen LogP contribution in [0.5, 0.6) is 0 Å². The number of aliphatic carboxylic acids is 1. The molecule has 72 valence electrons. The lowest BCUT2D eigenvalue weighted by Crippen LogP contribution is -2.02. The number of aromatic amines is 1. The number of nitrogens with one attached hydrogen (secondary N) is 1. The fourth-order valence-electron chi connectivity index (χ4n) is 0.576. The van der Waals surface area contributed by atoms with Crippen LogP contribution in [-0.4, -0.2) is 27.6 Å². The van der Waals surface area contributed by atoms with E-state index in [1.54, 1.807) is 6.33 Å². The van der Waals surface area contributed by atoms with Gasteiger partial charge in [0.2, 0.25) is 0 Å². The number of carbonyl (C=O) groups is 1. The third-order valence-corrected chi connectivity index (χ3v) is 1.13. The van der Waals surface area contributed by atoms with Crippen LogP contribution in [-0.2, 0) is 11.2 Å². The number of carboxylic acids is 1. The van der Waals surface area contributed by atoms with Gasteiger partial charge in [-0.1, -0.05) is 6.58 Å². The van der Waals surface area contributed by atoms with Crippen LogP contribution in [0.3, 0.4) is 0 Å². The van der Waals surface area contributed by atoms with Crippen LogP contribution in [0, 0.1) is 0 Å². The SMILES string of the molecule is C=CC(=O)O.NCCc1c[nH]cn1. The third-order valence-electron chi connectivity index (χ3n) is 1.13. The maximum Gasteiger partial charge on any atom is 0.327 e. The minimum Gasteiger partial charge on any atom is -0.478 e. The van der Waals surface area contributed by atoms with Crippen LogP contribution in [0.15, 0.2) is 25.2 Å². The first kappa shape index (κ1) is 11.4. The lowest BCUT2D eigenvalue weighted by molar-refractivity contribution is -0.131. The average molecular weight is 183 g/mol. The maximum atomic E-state index is 9.25. The van der Waals surface area contributed by atoms with E-state index in [-0.39, 0.29) is 0 Å². The van der Waals surface area contributed by atoms with Crippen LogP contribution in [0.1, 0.15) is 5.69 Å². The molecule has 5 heteroatoms. The summed E-state index contributed by atoms with van der Waals surface area (Å²) in [6.45, 7) is 3.63. The van der Waals surface area contributed by atoms with E-state index in [0.29, 0.717) is 6.54 Å². The first-order valence-electron chi connectivity index (χ1n) is 3.73. The Labute approximate surface area is 76.3 Å². The van der Waals surface area contributed by atoms with E-state index in [1.165, 1.54) is 0 Å². The molecule has 0 amide bonds. The lowest BCUT2D eigenvalue weighted by atomic mass is 10.3. The summed E-state index contributed by atoms with van der Waals surface area (Å²) in [4.78, 5) is 16.1. The quantitative estimate of drug-likeness (QED) is 0.582. The van der Waals surface area contributed by atoms with Gasteiger partial charge in [-0.2, -0.15) is 0 Å². The second-order valence-electron chi connectivity index (χ2n) is 2.14. The number of rotatable bonds is 3. The topological polar surface area (TPSA) is 92.0 Å². The van der Waals surface area contributed by atoms with E-state index < -0.39 is 5.97 Å². The van der Waals surface area contributed by atoms with Crippen molar-refractivity contribution in [3.05, 3.63) is 30.9 Å². The zero-order valence-corrected chi connectivity index (χ0v) is 7.23. The van der Waals surface area contributed by atoms with Crippen molar-refractivity contribution in [2.24, 2.45) is 5.73 Å². The first-order valence-corrected chi connectivity index (χ1v) is 3.73. The summed E-state index contributed by atoms with van der Waals surface area (Å²) in [5.41, 5.74) is 6.30. The predicted octanol–water partition coefficient (Wildman–Crippen LogP) is 0.168. The molecule has 0 aliphatic carbocycles. The smallest absolute Gasteiger partial charge is 0.327 e. The van der Waals surface area contributed by atoms with E-state index in [4.69, 9.17) is 10.8 Å². The highest BCUT2D eigenvalue weighted by molar-refractivity contribution is 5.78. The summed E-state index contributed by atoms with van der Waals surface area (Å²) in [5, 5.41) is 7.60. The Hall–Kier alpha value is -1.62. The molecule has 0 fully saturated rings. The molecule has 0 aromatic carbocycles. The second kappa shape index (κ2) is 7.05. The summed E-state index contributed by atoms with van der Waals surface area (Å²) < 4.78 is 0. The Kier molecular flexibility index (Phi) is 6.17. The molecule has 0 unspecified atom stereocenters. The Morgan fingerprint density at radius 1 is 1.85 bits per heavy atom. The number of hydrogen-bond donors (Lipinski definition) is 3. The molecule has 0 atom stereocenters. The zero-order chi connectivity index (χ0) is 10.1. The van der Waals surface area contributed by atoms with E-state index >= 15 is 0 Å². The van der Waals surface area contributed by atoms with E-state index in [1.807, 2.05) is 6.20 Å². The van der Waals surface area contributed by atoms with Gasteiger partial charge in [-0.3, -0.25) is 0 Å². The van der Waals surface area contributed by atoms with Crippen molar-refractivity contribution in [1.29, 1.82) is 0 Å². The molecule has 1 rings (SSSR count). The van der Waals surface area contributed by atoms with Crippen LogP contribution < -0.4 is 5.73 Å². The highest BCUT2D eigenvalue weighted by Crippen LogP contribution is 1.88. The largest absolute Gasteiger partial charge is 0.478 e. The van der Waals surface area contributed by atoms with Crippen molar-refractivity contribution in [2.45, 2.75) is 6.42 Å². The molecule has 0 saturated carbocycles. The van der Waals surface area contributed by atoms with Gasteiger partial charge in [-0.25, -0.2) is 9.78 Å². The number of hydrogen-bond acceptors (Lipinski definition) is 3. The molecule has 0 aliphatic heterocycles. The van der Waals surface area contributed by atoms with Crippen LogP contribution in [0.2, 0.25) is 0 Å². The number of nitrogens with two attached hydrogens (primary N) is 1. The van der Waals surface area contributed by atoms with Crippen molar-refractivity contribution in [2.75, 3.05) is 6.54 Å². The Morgan fingerprint density at radius 2 is 2.46 bits per heavy atom. The monoisotopic (exact) mass is 183 g/mol. The molecule has 1 aromatic rings. The summed E-state index contributed by atoms with van der Waals surface area (Å²) in [6.07, 6.45) is 5.21. The predicted molar refractivity (Wildman–Crippen MR) is 49.2 cm³/mol. The molecule has 0 radical (unpaired) electrons. The van der Waals surface area contributed by atoms with Crippen molar-refractivity contribution >= 4 is 5.97 Å². The van der Waals surface area contributed by atoms with Gasteiger partial charge in [0.25, 0.3) is 0 Å². The number of carboxylic acid groups (broad SMARTS) is 1. The van der Waals surface area contributed by atoms with Crippen molar-refractivity contribution < 1.29 is 9.90 Å². The van der Waals surface area contributed by atoms with Crippen LogP contribution >= 0.6 is 0 Å². The zero-order valence-electron chi connectivity index (χ0n) is 7.23. The second-order valence-corrected chi connectivity index (χ2v) is 2.14. The van der Waals surface area contributed by atoms with Gasteiger partial charge in [-0.05, 0) is 6.54 Å². The first-order chi connectivity index (χ1) is 6.20. The molecule has 1 aromatic heterocycles. The van der Waals surface area contributed by atoms with Crippen LogP contribution in [0.4, 0.5) is 0 Å². The van der Waals surface area contributed by atoms with Gasteiger partial charge in [0.05, 0.1) is 12.0 Å². The summed E-state index contributed by atoms with van der Waals surface area (Å²) in [6, 6.07) is 0. The summed E-state index contributed by atoms with van der Waals surface area (Å²) >= 11 is 0. The number of imidazole rings is 1. The molecule has 4 N–H and O–H groups in total. The summed E-state index contributed by atoms with van der Waals surface area (Å²) in [5.74, 6) is -0.981. The minimum atomic E-state index is -0.981. The number of H-pyrrole nitrogens is 1. The van der Waals surface area contributed by atoms with Gasteiger partial charge in [-0.15, -0.1) is 0 Å². The molecule has 13 heavy (non-hydrogen) atoms. The molecule has 0 aliphatic rings. The average Bonchev–Trinajstić information content (AvgIpc) is 2.59. The Morgan fingerprint density at radius 3 is 2.77 bits per heavy atom. The van der Waals surface area contributed by atoms with E-state index in [2.05, 4.69) is 16.5 Å². The molecule has 0 spiro atoms. The fraction of sp³-hybridized carbons (Fsp3) is 0.250. The van der Waals surface area contributed by atoms with Gasteiger partial charge in [0.15, 0.2) is 0 Å². The Bertz CT molecular complexity index is 244. The normalized spacial score (nSPS) is 8.38. The molecule has 0 bridgehead atoms. The minimum absolute atomic E-state index is 0.671. The maximum absolute atomic E-state index is 9.25. The van der Waals surface area contributed by atoms with E-state index in [0.717, 1.165) is 18.2 Å². The molecule has 0 saturated heterocycles. The van der Waals surface area contributed by atoms with Gasteiger partial charge in [0, 0.05) is 18.7 Å². The Balaban J connectivity index is 0.000000252. The van der Waals surface area contributed by atoms with Gasteiger partial charge in [0.1, 0.15) is 0 Å². The number of aromatic nitrogens is 2. The van der Waals surface area contributed by atoms with Gasteiger partial charge < -0.3 is 15.8 Å². The van der Waals surface area contributed by atoms with Crippen molar-refractivity contribution in [3.63, 3.8) is 0 Å². The molecule has 5 nitrogen and oxygen atoms in total. The summed E-state index contributed by atoms with van der Waals surface area (Å²) in [7, 11) is 0. The fourth-order valence-corrected chi connectivity index (χ4v) is 0.576. The number of nitrogens with zero attached hydrogens (tertiary/aromatic N) is 1. The van der Waals surface area contributed by atoms with Crippen molar-refractivity contribution in [1.82, 2.24) is 9.97 Å². The molecule has 1 heterocycles. The highest BCUT2D eigenvalue weighted by Gasteiger charge is 1.87. The lowest BCUT2D eigenvalue weighted by Gasteiger charge is -1.85. The highest BCUT2D eigenvalue weighted by atomic mass is 16.4. The van der Waals surface area contributed by atoms with Crippen LogP contribution in [0.25, 0.3) is 0 Å². The van der Waals surface area contributed by atoms with Crippen molar-refractivity contribution in [3.8, 4) is 0 Å². The van der Waals surface area contributed by atoms with E-state index in [9.17, 15) is 4.79 Å². The standard InChI is InChI=1S/C5H9N3.C3H4O2/c6-2-1-5-3-7-4-8-5;1-2-3(4)5/h3-4H,1-2,6H2,(H,7,8);2H,1H2,(H,4,5). The van der Waals surface area contributed by atoms with Gasteiger partial charge >= 0.3 is 5.97 Å². The molecular formula is C8H13N3O2.